The van der Waals surface area contributed by atoms with Gasteiger partial charge in [-0.1, -0.05) is 30.3 Å². The lowest BCUT2D eigenvalue weighted by molar-refractivity contribution is 0.0935. The Hall–Kier alpha value is -2.41. The summed E-state index contributed by atoms with van der Waals surface area (Å²) in [6.07, 6.45) is 2.28. The van der Waals surface area contributed by atoms with E-state index in [0.29, 0.717) is 18.7 Å². The number of carbonyl (C=O) groups excluding carboxylic acids is 1. The van der Waals surface area contributed by atoms with Gasteiger partial charge < -0.3 is 10.2 Å². The molecule has 1 aliphatic rings. The zero-order valence-electron chi connectivity index (χ0n) is 15.6. The van der Waals surface area contributed by atoms with E-state index in [-0.39, 0.29) is 29.5 Å². The van der Waals surface area contributed by atoms with Crippen molar-refractivity contribution in [1.82, 2.24) is 10.3 Å². The standard InChI is InChI=1S/C20H25N3O3S/c1-3-23(18-11-12-27(25,26)14-18)17-9-10-19(21-13-17)20(24)22-15(2)16-7-5-4-6-8-16/h4-10,13,15,18H,3,11-12,14H2,1-2H3,(H,22,24). The maximum absolute atomic E-state index is 12.5. The van der Waals surface area contributed by atoms with Crippen LogP contribution >= 0.6 is 0 Å². The van der Waals surface area contributed by atoms with Crippen molar-refractivity contribution in [1.29, 1.82) is 0 Å². The molecule has 144 valence electrons. The minimum Gasteiger partial charge on any atom is -0.367 e. The van der Waals surface area contributed by atoms with Crippen molar-refractivity contribution in [3.8, 4) is 0 Å². The molecule has 27 heavy (non-hydrogen) atoms. The van der Waals surface area contributed by atoms with Crippen LogP contribution in [-0.2, 0) is 9.84 Å². The summed E-state index contributed by atoms with van der Waals surface area (Å²) in [4.78, 5) is 18.8. The molecule has 0 bridgehead atoms. The summed E-state index contributed by atoms with van der Waals surface area (Å²) in [5, 5.41) is 2.95. The minimum absolute atomic E-state index is 0.0282. The molecule has 2 unspecified atom stereocenters. The Morgan fingerprint density at radius 1 is 1.26 bits per heavy atom. The zero-order valence-corrected chi connectivity index (χ0v) is 16.4. The van der Waals surface area contributed by atoms with E-state index in [4.69, 9.17) is 0 Å². The summed E-state index contributed by atoms with van der Waals surface area (Å²) in [6, 6.07) is 13.1. The van der Waals surface area contributed by atoms with Crippen LogP contribution in [0.3, 0.4) is 0 Å². The highest BCUT2D eigenvalue weighted by atomic mass is 32.2. The fraction of sp³-hybridized carbons (Fsp3) is 0.400. The van der Waals surface area contributed by atoms with Gasteiger partial charge in [0.1, 0.15) is 5.69 Å². The van der Waals surface area contributed by atoms with Crippen molar-refractivity contribution in [2.45, 2.75) is 32.4 Å². The largest absolute Gasteiger partial charge is 0.367 e. The smallest absolute Gasteiger partial charge is 0.270 e. The Morgan fingerprint density at radius 2 is 2.00 bits per heavy atom. The molecule has 0 spiro atoms. The number of carbonyl (C=O) groups is 1. The minimum atomic E-state index is -2.95. The Morgan fingerprint density at radius 3 is 2.56 bits per heavy atom. The first kappa shape index (κ1) is 19.4. The second kappa shape index (κ2) is 8.08. The number of nitrogens with zero attached hydrogens (tertiary/aromatic N) is 2. The highest BCUT2D eigenvalue weighted by Crippen LogP contribution is 2.24. The second-order valence-corrected chi connectivity index (χ2v) is 9.08. The first-order chi connectivity index (χ1) is 12.9. The van der Waals surface area contributed by atoms with Crippen molar-refractivity contribution in [2.75, 3.05) is 23.0 Å². The Balaban J connectivity index is 1.68. The van der Waals surface area contributed by atoms with E-state index in [9.17, 15) is 13.2 Å². The molecule has 7 heteroatoms. The average Bonchev–Trinajstić information content (AvgIpc) is 3.03. The monoisotopic (exact) mass is 387 g/mol. The molecule has 6 nitrogen and oxygen atoms in total. The lowest BCUT2D eigenvalue weighted by Crippen LogP contribution is -2.36. The number of anilines is 1. The number of sulfone groups is 1. The molecule has 1 amide bonds. The van der Waals surface area contributed by atoms with E-state index in [1.165, 1.54) is 0 Å². The van der Waals surface area contributed by atoms with Crippen LogP contribution in [0.25, 0.3) is 0 Å². The van der Waals surface area contributed by atoms with E-state index in [2.05, 4.69) is 10.3 Å². The van der Waals surface area contributed by atoms with Crippen molar-refractivity contribution in [3.05, 3.63) is 59.9 Å². The van der Waals surface area contributed by atoms with Crippen LogP contribution < -0.4 is 10.2 Å². The zero-order chi connectivity index (χ0) is 19.4. The number of benzene rings is 1. The Bertz CT molecular complexity index is 882. The van der Waals surface area contributed by atoms with Gasteiger partial charge in [-0.2, -0.15) is 0 Å². The van der Waals surface area contributed by atoms with Gasteiger partial charge in [0, 0.05) is 12.6 Å². The highest BCUT2D eigenvalue weighted by Gasteiger charge is 2.32. The quantitative estimate of drug-likeness (QED) is 0.824. The number of hydrogen-bond acceptors (Lipinski definition) is 5. The molecule has 0 aliphatic carbocycles. The van der Waals surface area contributed by atoms with Gasteiger partial charge in [-0.05, 0) is 38.0 Å². The first-order valence-corrected chi connectivity index (χ1v) is 11.0. The van der Waals surface area contributed by atoms with Crippen molar-refractivity contribution in [3.63, 3.8) is 0 Å². The molecule has 3 rings (SSSR count). The van der Waals surface area contributed by atoms with Gasteiger partial charge in [0.15, 0.2) is 9.84 Å². The third-order valence-corrected chi connectivity index (χ3v) is 6.70. The molecule has 1 N–H and O–H groups in total. The van der Waals surface area contributed by atoms with Crippen LogP contribution in [0.2, 0.25) is 0 Å². The van der Waals surface area contributed by atoms with Crippen molar-refractivity contribution >= 4 is 21.4 Å². The number of hydrogen-bond donors (Lipinski definition) is 1. The van der Waals surface area contributed by atoms with Gasteiger partial charge in [-0.3, -0.25) is 4.79 Å². The molecular formula is C20H25N3O3S. The van der Waals surface area contributed by atoms with E-state index in [1.807, 2.05) is 55.1 Å². The van der Waals surface area contributed by atoms with Gasteiger partial charge in [-0.15, -0.1) is 0 Å². The predicted molar refractivity (Wildman–Crippen MR) is 107 cm³/mol. The van der Waals surface area contributed by atoms with E-state index >= 15 is 0 Å². The van der Waals surface area contributed by atoms with Crippen LogP contribution in [-0.4, -0.2) is 43.4 Å². The normalized spacial score (nSPS) is 19.4. The Labute approximate surface area is 160 Å². The second-order valence-electron chi connectivity index (χ2n) is 6.85. The van der Waals surface area contributed by atoms with Crippen LogP contribution in [0.5, 0.6) is 0 Å². The van der Waals surface area contributed by atoms with Gasteiger partial charge in [0.25, 0.3) is 5.91 Å². The molecule has 1 saturated heterocycles. The SMILES string of the molecule is CCN(c1ccc(C(=O)NC(C)c2ccccc2)nc1)C1CCS(=O)(=O)C1. The molecule has 2 heterocycles. The molecule has 0 radical (unpaired) electrons. The highest BCUT2D eigenvalue weighted by molar-refractivity contribution is 7.91. The summed E-state index contributed by atoms with van der Waals surface area (Å²) >= 11 is 0. The molecular weight excluding hydrogens is 362 g/mol. The van der Waals surface area contributed by atoms with E-state index < -0.39 is 9.84 Å². The van der Waals surface area contributed by atoms with Crippen LogP contribution in [0.1, 0.15) is 42.4 Å². The van der Waals surface area contributed by atoms with Crippen LogP contribution in [0.15, 0.2) is 48.7 Å². The molecule has 1 fully saturated rings. The first-order valence-electron chi connectivity index (χ1n) is 9.18. The van der Waals surface area contributed by atoms with E-state index in [0.717, 1.165) is 11.3 Å². The summed E-state index contributed by atoms with van der Waals surface area (Å²) in [5.74, 6) is 0.182. The van der Waals surface area contributed by atoms with Crippen molar-refractivity contribution in [2.24, 2.45) is 0 Å². The topological polar surface area (TPSA) is 79.4 Å². The third-order valence-electron chi connectivity index (χ3n) is 4.95. The molecule has 0 saturated carbocycles. The maximum Gasteiger partial charge on any atom is 0.270 e. The number of rotatable bonds is 6. The fourth-order valence-electron chi connectivity index (χ4n) is 3.46. The number of nitrogens with one attached hydrogen (secondary N) is 1. The number of amides is 1. The van der Waals surface area contributed by atoms with Crippen LogP contribution in [0.4, 0.5) is 5.69 Å². The molecule has 2 aromatic rings. The molecule has 1 aromatic carbocycles. The summed E-state index contributed by atoms with van der Waals surface area (Å²) in [5.41, 5.74) is 2.21. The average molecular weight is 388 g/mol. The number of aromatic nitrogens is 1. The summed E-state index contributed by atoms with van der Waals surface area (Å²) in [6.45, 7) is 4.62. The predicted octanol–water partition coefficient (Wildman–Crippen LogP) is 2.59. The van der Waals surface area contributed by atoms with E-state index in [1.54, 1.807) is 12.3 Å². The molecule has 1 aliphatic heterocycles. The maximum atomic E-state index is 12.5. The van der Waals surface area contributed by atoms with Gasteiger partial charge in [0.05, 0.1) is 29.4 Å². The number of pyridine rings is 1. The van der Waals surface area contributed by atoms with Gasteiger partial charge in [0.2, 0.25) is 0 Å². The van der Waals surface area contributed by atoms with Crippen molar-refractivity contribution < 1.29 is 13.2 Å². The van der Waals surface area contributed by atoms with Gasteiger partial charge >= 0.3 is 0 Å². The lowest BCUT2D eigenvalue weighted by atomic mass is 10.1. The molecule has 1 aromatic heterocycles. The van der Waals surface area contributed by atoms with Crippen LogP contribution in [0, 0.1) is 0 Å². The lowest BCUT2D eigenvalue weighted by Gasteiger charge is -2.28. The summed E-state index contributed by atoms with van der Waals surface area (Å²) < 4.78 is 23.5. The third kappa shape index (κ3) is 4.66. The van der Waals surface area contributed by atoms with Gasteiger partial charge in [-0.25, -0.2) is 13.4 Å². The summed E-state index contributed by atoms with van der Waals surface area (Å²) in [7, 11) is -2.95. The Kier molecular flexibility index (Phi) is 5.79. The molecule has 2 atom stereocenters. The fourth-order valence-corrected chi connectivity index (χ4v) is 5.19.